The zero-order valence-electron chi connectivity index (χ0n) is 15.2. The Balaban J connectivity index is 1.66. The number of hydrogen-bond acceptors (Lipinski definition) is 4. The number of carbonyl (C=O) groups is 2. The van der Waals surface area contributed by atoms with Crippen LogP contribution in [0.3, 0.4) is 0 Å². The number of amides is 2. The van der Waals surface area contributed by atoms with Gasteiger partial charge in [0.25, 0.3) is 0 Å². The highest BCUT2D eigenvalue weighted by Crippen LogP contribution is 2.30. The number of nitrogens with one attached hydrogen (secondary N) is 1. The van der Waals surface area contributed by atoms with Gasteiger partial charge in [-0.1, -0.05) is 12.1 Å². The van der Waals surface area contributed by atoms with E-state index in [-0.39, 0.29) is 24.1 Å². The quantitative estimate of drug-likeness (QED) is 0.847. The summed E-state index contributed by atoms with van der Waals surface area (Å²) in [6, 6.07) is 11.1. The van der Waals surface area contributed by atoms with Crippen LogP contribution in [0.5, 0.6) is 11.5 Å². The van der Waals surface area contributed by atoms with Crippen molar-refractivity contribution in [2.45, 2.75) is 13.0 Å². The predicted octanol–water partition coefficient (Wildman–Crippen LogP) is 2.83. The maximum atomic E-state index is 13.0. The van der Waals surface area contributed by atoms with Crippen LogP contribution >= 0.6 is 0 Å². The van der Waals surface area contributed by atoms with Crippen LogP contribution in [0.25, 0.3) is 0 Å². The lowest BCUT2D eigenvalue weighted by Gasteiger charge is -2.17. The van der Waals surface area contributed by atoms with Crippen molar-refractivity contribution < 1.29 is 23.5 Å². The number of nitrogens with zero attached hydrogens (tertiary/aromatic N) is 1. The van der Waals surface area contributed by atoms with E-state index in [0.29, 0.717) is 30.3 Å². The molecular weight excluding hydrogens is 351 g/mol. The Morgan fingerprint density at radius 3 is 2.59 bits per heavy atom. The third-order valence-electron chi connectivity index (χ3n) is 4.54. The first-order valence-electron chi connectivity index (χ1n) is 8.55. The van der Waals surface area contributed by atoms with Crippen LogP contribution in [0.15, 0.2) is 42.5 Å². The molecule has 142 valence electrons. The van der Waals surface area contributed by atoms with Crippen LogP contribution < -0.4 is 14.8 Å². The van der Waals surface area contributed by atoms with Gasteiger partial charge in [-0.3, -0.25) is 9.59 Å². The van der Waals surface area contributed by atoms with Gasteiger partial charge in [-0.05, 0) is 29.8 Å². The molecule has 1 heterocycles. The molecule has 1 N–H and O–H groups in total. The minimum absolute atomic E-state index is 0.0999. The zero-order chi connectivity index (χ0) is 19.4. The standard InChI is InChI=1S/C20H21FN2O4/c1-26-16-7-8-18(27-2)17(10-16)22-20(25)14-9-19(24)23(12-14)11-13-3-5-15(21)6-4-13/h3-8,10,14H,9,11-12H2,1-2H3,(H,22,25). The summed E-state index contributed by atoms with van der Waals surface area (Å²) in [6.45, 7) is 0.666. The lowest BCUT2D eigenvalue weighted by molar-refractivity contribution is -0.128. The number of hydrogen-bond donors (Lipinski definition) is 1. The highest BCUT2D eigenvalue weighted by molar-refractivity contribution is 5.98. The third-order valence-corrected chi connectivity index (χ3v) is 4.54. The maximum absolute atomic E-state index is 13.0. The van der Waals surface area contributed by atoms with Gasteiger partial charge in [-0.15, -0.1) is 0 Å². The van der Waals surface area contributed by atoms with Crippen LogP contribution in [-0.4, -0.2) is 37.5 Å². The van der Waals surface area contributed by atoms with E-state index in [1.54, 1.807) is 35.2 Å². The fraction of sp³-hybridized carbons (Fsp3) is 0.300. The van der Waals surface area contributed by atoms with Gasteiger partial charge in [0.1, 0.15) is 17.3 Å². The second-order valence-electron chi connectivity index (χ2n) is 6.36. The molecular formula is C20H21FN2O4. The van der Waals surface area contributed by atoms with Crippen molar-refractivity contribution in [2.24, 2.45) is 5.92 Å². The highest BCUT2D eigenvalue weighted by atomic mass is 19.1. The van der Waals surface area contributed by atoms with E-state index in [0.717, 1.165) is 5.56 Å². The largest absolute Gasteiger partial charge is 0.497 e. The van der Waals surface area contributed by atoms with Gasteiger partial charge in [0.15, 0.2) is 0 Å². The molecule has 0 aromatic heterocycles. The average molecular weight is 372 g/mol. The van der Waals surface area contributed by atoms with Crippen molar-refractivity contribution in [3.8, 4) is 11.5 Å². The number of rotatable bonds is 6. The molecule has 7 heteroatoms. The number of likely N-dealkylation sites (tertiary alicyclic amines) is 1. The lowest BCUT2D eigenvalue weighted by Crippen LogP contribution is -2.28. The first-order chi connectivity index (χ1) is 13.0. The Labute approximate surface area is 156 Å². The first-order valence-corrected chi connectivity index (χ1v) is 8.55. The molecule has 1 atom stereocenters. The molecule has 1 aliphatic rings. The van der Waals surface area contributed by atoms with Crippen LogP contribution in [0, 0.1) is 11.7 Å². The second-order valence-corrected chi connectivity index (χ2v) is 6.36. The lowest BCUT2D eigenvalue weighted by atomic mass is 10.1. The number of benzene rings is 2. The van der Waals surface area contributed by atoms with Crippen molar-refractivity contribution in [1.82, 2.24) is 4.90 Å². The predicted molar refractivity (Wildman–Crippen MR) is 98.1 cm³/mol. The Hall–Kier alpha value is -3.09. The Kier molecular flexibility index (Phi) is 5.59. The van der Waals surface area contributed by atoms with Crippen molar-refractivity contribution in [3.63, 3.8) is 0 Å². The maximum Gasteiger partial charge on any atom is 0.229 e. The van der Waals surface area contributed by atoms with E-state index < -0.39 is 5.92 Å². The zero-order valence-corrected chi connectivity index (χ0v) is 15.2. The fourth-order valence-corrected chi connectivity index (χ4v) is 3.06. The monoisotopic (exact) mass is 372 g/mol. The number of anilines is 1. The number of ether oxygens (including phenoxy) is 2. The molecule has 2 amide bonds. The van der Waals surface area contributed by atoms with Gasteiger partial charge >= 0.3 is 0 Å². The topological polar surface area (TPSA) is 67.9 Å². The molecule has 6 nitrogen and oxygen atoms in total. The minimum atomic E-state index is -0.464. The number of methoxy groups -OCH3 is 2. The van der Waals surface area contributed by atoms with Crippen LogP contribution in [-0.2, 0) is 16.1 Å². The molecule has 0 spiro atoms. The summed E-state index contributed by atoms with van der Waals surface area (Å²) in [7, 11) is 3.05. The van der Waals surface area contributed by atoms with Gasteiger partial charge in [0, 0.05) is 25.6 Å². The Morgan fingerprint density at radius 2 is 1.93 bits per heavy atom. The average Bonchev–Trinajstić information content (AvgIpc) is 3.04. The SMILES string of the molecule is COc1ccc(OC)c(NC(=O)C2CC(=O)N(Cc3ccc(F)cc3)C2)c1. The van der Waals surface area contributed by atoms with Crippen LogP contribution in [0.4, 0.5) is 10.1 Å². The van der Waals surface area contributed by atoms with Crippen LogP contribution in [0.2, 0.25) is 0 Å². The van der Waals surface area contributed by atoms with Gasteiger partial charge in [-0.25, -0.2) is 4.39 Å². The molecule has 2 aromatic carbocycles. The van der Waals surface area contributed by atoms with Gasteiger partial charge in [-0.2, -0.15) is 0 Å². The summed E-state index contributed by atoms with van der Waals surface area (Å²) in [5.41, 5.74) is 1.31. The summed E-state index contributed by atoms with van der Waals surface area (Å²) in [5, 5.41) is 2.82. The number of halogens is 1. The van der Waals surface area contributed by atoms with E-state index >= 15 is 0 Å². The van der Waals surface area contributed by atoms with Crippen molar-refractivity contribution >= 4 is 17.5 Å². The number of carbonyl (C=O) groups excluding carboxylic acids is 2. The molecule has 2 aromatic rings. The van der Waals surface area contributed by atoms with Gasteiger partial charge in [0.2, 0.25) is 11.8 Å². The highest BCUT2D eigenvalue weighted by Gasteiger charge is 2.34. The minimum Gasteiger partial charge on any atom is -0.497 e. The fourth-order valence-electron chi connectivity index (χ4n) is 3.06. The van der Waals surface area contributed by atoms with Crippen molar-refractivity contribution in [3.05, 3.63) is 53.8 Å². The van der Waals surface area contributed by atoms with Gasteiger partial charge in [0.05, 0.1) is 25.8 Å². The molecule has 27 heavy (non-hydrogen) atoms. The first kappa shape index (κ1) is 18.7. The van der Waals surface area contributed by atoms with Crippen molar-refractivity contribution in [1.29, 1.82) is 0 Å². The molecule has 0 aliphatic carbocycles. The molecule has 0 bridgehead atoms. The Morgan fingerprint density at radius 1 is 1.19 bits per heavy atom. The normalized spacial score (nSPS) is 16.3. The molecule has 0 radical (unpaired) electrons. The van der Waals surface area contributed by atoms with E-state index in [9.17, 15) is 14.0 Å². The summed E-state index contributed by atoms with van der Waals surface area (Å²) >= 11 is 0. The van der Waals surface area contributed by atoms with E-state index in [1.807, 2.05) is 0 Å². The molecule has 1 saturated heterocycles. The molecule has 1 fully saturated rings. The molecule has 3 rings (SSSR count). The Bertz CT molecular complexity index is 838. The second kappa shape index (κ2) is 8.07. The summed E-state index contributed by atoms with van der Waals surface area (Å²) in [5.74, 6) is -0.0402. The summed E-state index contributed by atoms with van der Waals surface area (Å²) in [4.78, 5) is 26.5. The molecule has 1 unspecified atom stereocenters. The van der Waals surface area contributed by atoms with Crippen molar-refractivity contribution in [2.75, 3.05) is 26.1 Å². The summed E-state index contributed by atoms with van der Waals surface area (Å²) in [6.07, 6.45) is 0.138. The molecule has 1 aliphatic heterocycles. The van der Waals surface area contributed by atoms with E-state index in [1.165, 1.54) is 26.4 Å². The van der Waals surface area contributed by atoms with Crippen LogP contribution in [0.1, 0.15) is 12.0 Å². The molecule has 0 saturated carbocycles. The van der Waals surface area contributed by atoms with Gasteiger partial charge < -0.3 is 19.7 Å². The summed E-state index contributed by atoms with van der Waals surface area (Å²) < 4.78 is 23.5. The van der Waals surface area contributed by atoms with E-state index in [2.05, 4.69) is 5.32 Å². The smallest absolute Gasteiger partial charge is 0.229 e. The van der Waals surface area contributed by atoms with E-state index in [4.69, 9.17) is 9.47 Å². The third kappa shape index (κ3) is 4.36.